The van der Waals surface area contributed by atoms with E-state index in [0.29, 0.717) is 40.5 Å². The van der Waals surface area contributed by atoms with E-state index in [1.165, 1.54) is 16.3 Å². The zero-order valence-electron chi connectivity index (χ0n) is 18.7. The summed E-state index contributed by atoms with van der Waals surface area (Å²) in [6.07, 6.45) is 0.427. The van der Waals surface area contributed by atoms with E-state index in [9.17, 15) is 14.7 Å². The number of hydrogen-bond donors (Lipinski definition) is 2. The molecule has 1 heterocycles. The zero-order valence-corrected chi connectivity index (χ0v) is 19.5. The van der Waals surface area contributed by atoms with Crippen LogP contribution in [0.25, 0.3) is 10.9 Å². The molecule has 1 aromatic heterocycles. The number of benzene rings is 3. The average molecular weight is 476 g/mol. The van der Waals surface area contributed by atoms with Crippen LogP contribution in [0.15, 0.2) is 82.7 Å². The summed E-state index contributed by atoms with van der Waals surface area (Å²) in [7, 11) is 0. The molecule has 174 valence electrons. The van der Waals surface area contributed by atoms with Gasteiger partial charge in [-0.05, 0) is 61.9 Å². The van der Waals surface area contributed by atoms with E-state index in [1.54, 1.807) is 42.5 Å². The molecule has 0 aliphatic rings. The van der Waals surface area contributed by atoms with Crippen molar-refractivity contribution in [2.45, 2.75) is 25.0 Å². The van der Waals surface area contributed by atoms with E-state index in [0.717, 1.165) is 11.3 Å². The highest BCUT2D eigenvalue weighted by molar-refractivity contribution is 7.99. The summed E-state index contributed by atoms with van der Waals surface area (Å²) in [5.74, 6) is 1.29. The number of ether oxygens (including phenoxy) is 1. The fourth-order valence-corrected chi connectivity index (χ4v) is 4.19. The molecule has 0 saturated carbocycles. The molecule has 0 aliphatic carbocycles. The summed E-state index contributed by atoms with van der Waals surface area (Å²) in [6.45, 7) is 2.32. The summed E-state index contributed by atoms with van der Waals surface area (Å²) in [5.41, 5.74) is 2.21. The number of aliphatic hydroxyl groups is 1. The van der Waals surface area contributed by atoms with E-state index in [2.05, 4.69) is 10.3 Å². The summed E-state index contributed by atoms with van der Waals surface area (Å²) >= 11 is 1.19. The first-order valence-corrected chi connectivity index (χ1v) is 11.9. The van der Waals surface area contributed by atoms with Crippen molar-refractivity contribution in [1.29, 1.82) is 0 Å². The highest BCUT2D eigenvalue weighted by Crippen LogP contribution is 2.24. The lowest BCUT2D eigenvalue weighted by Gasteiger charge is -2.13. The van der Waals surface area contributed by atoms with Crippen molar-refractivity contribution in [1.82, 2.24) is 9.55 Å². The molecule has 2 N–H and O–H groups in total. The van der Waals surface area contributed by atoms with Crippen LogP contribution in [0.1, 0.15) is 12.0 Å². The van der Waals surface area contributed by atoms with Gasteiger partial charge in [0.05, 0.1) is 16.7 Å². The lowest BCUT2D eigenvalue weighted by Crippen LogP contribution is -2.24. The number of anilines is 1. The molecule has 7 nitrogen and oxygen atoms in total. The van der Waals surface area contributed by atoms with Crippen molar-refractivity contribution in [3.05, 3.63) is 88.7 Å². The number of carbonyl (C=O) groups is 1. The predicted octanol–water partition coefficient (Wildman–Crippen LogP) is 4.61. The molecule has 1 amide bonds. The molecule has 34 heavy (non-hydrogen) atoms. The number of para-hydroxylation sites is 1. The second kappa shape index (κ2) is 11.0. The Hall–Kier alpha value is -3.62. The Balaban J connectivity index is 1.40. The molecule has 0 bridgehead atoms. The summed E-state index contributed by atoms with van der Waals surface area (Å²) in [6, 6.07) is 22.0. The van der Waals surface area contributed by atoms with E-state index in [1.807, 2.05) is 37.3 Å². The van der Waals surface area contributed by atoms with Gasteiger partial charge in [0.25, 0.3) is 5.56 Å². The van der Waals surface area contributed by atoms with Crippen LogP contribution in [0, 0.1) is 6.92 Å². The summed E-state index contributed by atoms with van der Waals surface area (Å²) < 4.78 is 7.34. The Kier molecular flexibility index (Phi) is 7.61. The zero-order chi connectivity index (χ0) is 23.9. The number of carbonyl (C=O) groups excluding carboxylic acids is 1. The van der Waals surface area contributed by atoms with Crippen molar-refractivity contribution in [3.8, 4) is 11.5 Å². The largest absolute Gasteiger partial charge is 0.457 e. The van der Waals surface area contributed by atoms with Crippen LogP contribution >= 0.6 is 11.8 Å². The Morgan fingerprint density at radius 2 is 1.71 bits per heavy atom. The van der Waals surface area contributed by atoms with E-state index in [-0.39, 0.29) is 23.8 Å². The number of aryl methyl sites for hydroxylation is 1. The molecule has 3 aromatic carbocycles. The van der Waals surface area contributed by atoms with Gasteiger partial charge < -0.3 is 15.2 Å². The highest BCUT2D eigenvalue weighted by atomic mass is 32.2. The maximum absolute atomic E-state index is 12.9. The maximum Gasteiger partial charge on any atom is 0.262 e. The van der Waals surface area contributed by atoms with Gasteiger partial charge in [-0.1, -0.05) is 41.6 Å². The Bertz CT molecular complexity index is 1340. The molecule has 0 saturated heterocycles. The van der Waals surface area contributed by atoms with Gasteiger partial charge in [-0.3, -0.25) is 14.2 Å². The number of rotatable bonds is 9. The maximum atomic E-state index is 12.9. The standard InChI is InChI=1S/C26H25N3O4S/c1-18-7-11-20(12-8-18)33-21-13-9-19(10-14-21)27-24(31)17-34-26-28-23-6-3-2-5-22(23)25(32)29(26)15-4-16-30/h2-3,5-14,30H,4,15-17H2,1H3,(H,27,31). The van der Waals surface area contributed by atoms with E-state index in [4.69, 9.17) is 4.74 Å². The monoisotopic (exact) mass is 475 g/mol. The molecule has 0 unspecified atom stereocenters. The molecular formula is C26H25N3O4S. The van der Waals surface area contributed by atoms with Gasteiger partial charge >= 0.3 is 0 Å². The number of nitrogens with one attached hydrogen (secondary N) is 1. The third-order valence-electron chi connectivity index (χ3n) is 5.09. The number of hydrogen-bond acceptors (Lipinski definition) is 6. The minimum absolute atomic E-state index is 0.0342. The minimum atomic E-state index is -0.215. The second-order valence-electron chi connectivity index (χ2n) is 7.72. The predicted molar refractivity (Wildman–Crippen MR) is 135 cm³/mol. The van der Waals surface area contributed by atoms with E-state index < -0.39 is 0 Å². The molecule has 8 heteroatoms. The van der Waals surface area contributed by atoms with Gasteiger partial charge in [-0.15, -0.1) is 0 Å². The lowest BCUT2D eigenvalue weighted by atomic mass is 10.2. The van der Waals surface area contributed by atoms with Crippen molar-refractivity contribution in [3.63, 3.8) is 0 Å². The highest BCUT2D eigenvalue weighted by Gasteiger charge is 2.13. The molecule has 0 radical (unpaired) electrons. The lowest BCUT2D eigenvalue weighted by molar-refractivity contribution is -0.113. The molecule has 0 fully saturated rings. The summed E-state index contributed by atoms with van der Waals surface area (Å²) in [5, 5.41) is 13.0. The molecule has 4 aromatic rings. The fourth-order valence-electron chi connectivity index (χ4n) is 3.36. The van der Waals surface area contributed by atoms with Gasteiger partial charge in [-0.2, -0.15) is 0 Å². The number of amides is 1. The first kappa shape index (κ1) is 23.5. The number of aromatic nitrogens is 2. The average Bonchev–Trinajstić information content (AvgIpc) is 2.85. The molecular weight excluding hydrogens is 450 g/mol. The topological polar surface area (TPSA) is 93.5 Å². The minimum Gasteiger partial charge on any atom is -0.457 e. The first-order valence-electron chi connectivity index (χ1n) is 10.9. The third-order valence-corrected chi connectivity index (χ3v) is 6.07. The van der Waals surface area contributed by atoms with Gasteiger partial charge in [0.15, 0.2) is 5.16 Å². The Labute approximate surface area is 201 Å². The quantitative estimate of drug-likeness (QED) is 0.271. The Morgan fingerprint density at radius 1 is 1.03 bits per heavy atom. The molecule has 4 rings (SSSR count). The van der Waals surface area contributed by atoms with Gasteiger partial charge in [0.1, 0.15) is 11.5 Å². The number of fused-ring (bicyclic) bond motifs is 1. The SMILES string of the molecule is Cc1ccc(Oc2ccc(NC(=O)CSc3nc4ccccc4c(=O)n3CCCO)cc2)cc1. The summed E-state index contributed by atoms with van der Waals surface area (Å²) in [4.78, 5) is 30.0. The Morgan fingerprint density at radius 3 is 2.41 bits per heavy atom. The van der Waals surface area contributed by atoms with Crippen LogP contribution in [0.5, 0.6) is 11.5 Å². The van der Waals surface area contributed by atoms with Crippen LogP contribution in [0.3, 0.4) is 0 Å². The van der Waals surface area contributed by atoms with Gasteiger partial charge in [0, 0.05) is 18.8 Å². The van der Waals surface area contributed by atoms with Crippen molar-refractivity contribution >= 4 is 34.3 Å². The van der Waals surface area contributed by atoms with Gasteiger partial charge in [-0.25, -0.2) is 4.98 Å². The van der Waals surface area contributed by atoms with E-state index >= 15 is 0 Å². The van der Waals surface area contributed by atoms with Crippen molar-refractivity contribution in [2.75, 3.05) is 17.7 Å². The van der Waals surface area contributed by atoms with Crippen LogP contribution < -0.4 is 15.6 Å². The van der Waals surface area contributed by atoms with Crippen LogP contribution in [0.4, 0.5) is 5.69 Å². The smallest absolute Gasteiger partial charge is 0.262 e. The first-order chi connectivity index (χ1) is 16.5. The second-order valence-corrected chi connectivity index (χ2v) is 8.66. The molecule has 0 spiro atoms. The number of aliphatic hydroxyl groups excluding tert-OH is 1. The molecule has 0 atom stereocenters. The fraction of sp³-hybridized carbons (Fsp3) is 0.192. The number of thioether (sulfide) groups is 1. The number of nitrogens with zero attached hydrogens (tertiary/aromatic N) is 2. The van der Waals surface area contributed by atoms with Gasteiger partial charge in [0.2, 0.25) is 5.91 Å². The van der Waals surface area contributed by atoms with Crippen LogP contribution in [-0.2, 0) is 11.3 Å². The molecule has 0 aliphatic heterocycles. The van der Waals surface area contributed by atoms with Crippen LogP contribution in [-0.4, -0.2) is 32.9 Å². The normalized spacial score (nSPS) is 10.9. The van der Waals surface area contributed by atoms with Crippen molar-refractivity contribution in [2.24, 2.45) is 0 Å². The third kappa shape index (κ3) is 5.84. The van der Waals surface area contributed by atoms with Crippen molar-refractivity contribution < 1.29 is 14.6 Å². The van der Waals surface area contributed by atoms with Crippen LogP contribution in [0.2, 0.25) is 0 Å².